The molecule has 0 saturated carbocycles. The van der Waals surface area contributed by atoms with Crippen molar-refractivity contribution in [3.05, 3.63) is 6.92 Å². The Labute approximate surface area is 57.1 Å². The minimum Gasteiger partial charge on any atom is -0.162 e. The van der Waals surface area contributed by atoms with Crippen molar-refractivity contribution in [1.29, 1.82) is 0 Å². The molecule has 1 heteroatoms. The first kappa shape index (κ1) is 8.35. The summed E-state index contributed by atoms with van der Waals surface area (Å²) in [5, 5.41) is 0. The normalized spacial score (nSPS) is 10.5. The summed E-state index contributed by atoms with van der Waals surface area (Å²) >= 11 is 1.93. The zero-order chi connectivity index (χ0) is 6.41. The number of hydrogen-bond donors (Lipinski definition) is 0. The minimum absolute atomic E-state index is 0.856. The Bertz CT molecular complexity index is 41.7. The highest BCUT2D eigenvalue weighted by Crippen LogP contribution is 2.06. The van der Waals surface area contributed by atoms with Gasteiger partial charge in [-0.1, -0.05) is 13.8 Å². The fourth-order valence-corrected chi connectivity index (χ4v) is 1.26. The molecule has 0 N–H and O–H groups in total. The van der Waals surface area contributed by atoms with E-state index in [9.17, 15) is 0 Å². The molecule has 0 amide bonds. The standard InChI is InChI=1S/C7H15S/c1-4-8-6-5-7(2)3/h7H,1,4-6H2,2-3H3. The van der Waals surface area contributed by atoms with Crippen LogP contribution >= 0.6 is 11.8 Å². The van der Waals surface area contributed by atoms with Crippen molar-refractivity contribution in [2.24, 2.45) is 5.92 Å². The van der Waals surface area contributed by atoms with Crippen LogP contribution in [0.5, 0.6) is 0 Å². The summed E-state index contributed by atoms with van der Waals surface area (Å²) in [6.45, 7) is 8.25. The van der Waals surface area contributed by atoms with Gasteiger partial charge in [-0.15, -0.1) is 0 Å². The van der Waals surface area contributed by atoms with Crippen LogP contribution in [0, 0.1) is 12.8 Å². The van der Waals surface area contributed by atoms with Crippen molar-refractivity contribution < 1.29 is 0 Å². The molecule has 0 bridgehead atoms. The smallest absolute Gasteiger partial charge is 0.00651 e. The van der Waals surface area contributed by atoms with Crippen LogP contribution in [0.15, 0.2) is 0 Å². The fraction of sp³-hybridized carbons (Fsp3) is 0.857. The fourth-order valence-electron chi connectivity index (χ4n) is 0.421. The van der Waals surface area contributed by atoms with Crippen molar-refractivity contribution in [3.63, 3.8) is 0 Å². The molecule has 0 aliphatic rings. The highest BCUT2D eigenvalue weighted by Gasteiger charge is 1.90. The summed E-state index contributed by atoms with van der Waals surface area (Å²) in [6.07, 6.45) is 1.33. The molecule has 0 aromatic heterocycles. The molecule has 0 aliphatic carbocycles. The van der Waals surface area contributed by atoms with E-state index in [1.165, 1.54) is 12.2 Å². The third-order valence-corrected chi connectivity index (χ3v) is 1.80. The third kappa shape index (κ3) is 6.35. The Kier molecular flexibility index (Phi) is 5.73. The van der Waals surface area contributed by atoms with Gasteiger partial charge in [0.05, 0.1) is 0 Å². The lowest BCUT2D eigenvalue weighted by atomic mass is 10.2. The first-order valence-electron chi connectivity index (χ1n) is 3.14. The summed E-state index contributed by atoms with van der Waals surface area (Å²) in [5.41, 5.74) is 0. The maximum atomic E-state index is 3.75. The van der Waals surface area contributed by atoms with E-state index >= 15 is 0 Å². The second-order valence-corrected chi connectivity index (χ2v) is 3.52. The van der Waals surface area contributed by atoms with E-state index in [-0.39, 0.29) is 0 Å². The molecular formula is C7H15S. The van der Waals surface area contributed by atoms with Gasteiger partial charge >= 0.3 is 0 Å². The van der Waals surface area contributed by atoms with Crippen molar-refractivity contribution in [2.75, 3.05) is 11.5 Å². The summed E-state index contributed by atoms with van der Waals surface area (Å²) in [6, 6.07) is 0. The van der Waals surface area contributed by atoms with Crippen LogP contribution in [0.4, 0.5) is 0 Å². The van der Waals surface area contributed by atoms with Gasteiger partial charge in [-0.25, -0.2) is 0 Å². The van der Waals surface area contributed by atoms with Crippen LogP contribution in [-0.4, -0.2) is 11.5 Å². The molecule has 0 heterocycles. The lowest BCUT2D eigenvalue weighted by molar-refractivity contribution is 0.632. The lowest BCUT2D eigenvalue weighted by Crippen LogP contribution is -1.88. The molecule has 0 rings (SSSR count). The maximum Gasteiger partial charge on any atom is -0.00651 e. The first-order chi connectivity index (χ1) is 3.77. The van der Waals surface area contributed by atoms with Gasteiger partial charge in [0.25, 0.3) is 0 Å². The van der Waals surface area contributed by atoms with E-state index in [2.05, 4.69) is 20.8 Å². The molecule has 0 fully saturated rings. The zero-order valence-corrected chi connectivity index (χ0v) is 6.63. The van der Waals surface area contributed by atoms with Crippen molar-refractivity contribution in [3.8, 4) is 0 Å². The molecule has 0 atom stereocenters. The average molecular weight is 131 g/mol. The summed E-state index contributed by atoms with van der Waals surface area (Å²) in [5.74, 6) is 3.16. The second-order valence-electron chi connectivity index (χ2n) is 2.29. The Morgan fingerprint density at radius 1 is 1.50 bits per heavy atom. The molecule has 0 aromatic rings. The SMILES string of the molecule is [CH2]CSCCC(C)C. The van der Waals surface area contributed by atoms with Gasteiger partial charge in [0.1, 0.15) is 0 Å². The Balaban J connectivity index is 2.72. The summed E-state index contributed by atoms with van der Waals surface area (Å²) < 4.78 is 0. The number of thioether (sulfide) groups is 1. The van der Waals surface area contributed by atoms with Gasteiger partial charge in [0.15, 0.2) is 0 Å². The topological polar surface area (TPSA) is 0 Å². The van der Waals surface area contributed by atoms with Crippen LogP contribution < -0.4 is 0 Å². The first-order valence-corrected chi connectivity index (χ1v) is 4.29. The van der Waals surface area contributed by atoms with Crippen LogP contribution in [0.3, 0.4) is 0 Å². The summed E-state index contributed by atoms with van der Waals surface area (Å²) in [7, 11) is 0. The van der Waals surface area contributed by atoms with Crippen LogP contribution in [0.1, 0.15) is 20.3 Å². The van der Waals surface area contributed by atoms with Gasteiger partial charge in [-0.3, -0.25) is 0 Å². The molecule has 8 heavy (non-hydrogen) atoms. The molecular weight excluding hydrogens is 116 g/mol. The van der Waals surface area contributed by atoms with Gasteiger partial charge in [-0.05, 0) is 30.8 Å². The van der Waals surface area contributed by atoms with Crippen LogP contribution in [0.25, 0.3) is 0 Å². The lowest BCUT2D eigenvalue weighted by Gasteiger charge is -2.00. The highest BCUT2D eigenvalue weighted by molar-refractivity contribution is 7.99. The quantitative estimate of drug-likeness (QED) is 0.528. The zero-order valence-electron chi connectivity index (χ0n) is 5.81. The molecule has 0 nitrogen and oxygen atoms in total. The Hall–Kier alpha value is 0.350. The van der Waals surface area contributed by atoms with Crippen LogP contribution in [-0.2, 0) is 0 Å². The molecule has 49 valence electrons. The molecule has 0 aromatic carbocycles. The van der Waals surface area contributed by atoms with E-state index in [0.29, 0.717) is 0 Å². The number of hydrogen-bond acceptors (Lipinski definition) is 1. The van der Waals surface area contributed by atoms with Gasteiger partial charge in [-0.2, -0.15) is 11.8 Å². The predicted molar refractivity (Wildman–Crippen MR) is 42.1 cm³/mol. The minimum atomic E-state index is 0.856. The van der Waals surface area contributed by atoms with E-state index < -0.39 is 0 Å². The Morgan fingerprint density at radius 2 is 2.12 bits per heavy atom. The molecule has 0 spiro atoms. The molecule has 1 radical (unpaired) electrons. The van der Waals surface area contributed by atoms with Gasteiger partial charge in [0.2, 0.25) is 0 Å². The van der Waals surface area contributed by atoms with Crippen molar-refractivity contribution >= 4 is 11.8 Å². The van der Waals surface area contributed by atoms with E-state index in [1.807, 2.05) is 11.8 Å². The van der Waals surface area contributed by atoms with E-state index in [1.54, 1.807) is 0 Å². The molecule has 0 saturated heterocycles. The van der Waals surface area contributed by atoms with Crippen LogP contribution in [0.2, 0.25) is 0 Å². The molecule has 0 unspecified atom stereocenters. The second kappa shape index (κ2) is 5.49. The van der Waals surface area contributed by atoms with Crippen molar-refractivity contribution in [1.82, 2.24) is 0 Å². The Morgan fingerprint density at radius 3 is 2.50 bits per heavy atom. The monoisotopic (exact) mass is 131 g/mol. The molecule has 0 aliphatic heterocycles. The predicted octanol–water partition coefficient (Wildman–Crippen LogP) is 2.60. The average Bonchev–Trinajstić information content (AvgIpc) is 1.66. The van der Waals surface area contributed by atoms with E-state index in [0.717, 1.165) is 11.7 Å². The third-order valence-electron chi connectivity index (χ3n) is 0.984. The number of rotatable bonds is 4. The highest BCUT2D eigenvalue weighted by atomic mass is 32.2. The maximum absolute atomic E-state index is 3.75. The van der Waals surface area contributed by atoms with Gasteiger partial charge in [0, 0.05) is 0 Å². The summed E-state index contributed by atoms with van der Waals surface area (Å²) in [4.78, 5) is 0. The van der Waals surface area contributed by atoms with E-state index in [4.69, 9.17) is 0 Å². The van der Waals surface area contributed by atoms with Crippen molar-refractivity contribution in [2.45, 2.75) is 20.3 Å². The van der Waals surface area contributed by atoms with Gasteiger partial charge < -0.3 is 0 Å². The largest absolute Gasteiger partial charge is 0.162 e.